The topological polar surface area (TPSA) is 122 Å². The molecule has 0 aliphatic carbocycles. The highest BCUT2D eigenvalue weighted by molar-refractivity contribution is 7.94. The van der Waals surface area contributed by atoms with Gasteiger partial charge in [-0.2, -0.15) is 0 Å². The van der Waals surface area contributed by atoms with E-state index in [4.69, 9.17) is 9.47 Å². The average molecular weight is 498 g/mol. The molecule has 1 aliphatic rings. The Labute approximate surface area is 194 Å². The Hall–Kier alpha value is -2.67. The summed E-state index contributed by atoms with van der Waals surface area (Å²) in [7, 11) is -0.882. The molecule has 1 amide bonds. The van der Waals surface area contributed by atoms with Gasteiger partial charge in [-0.1, -0.05) is 6.07 Å². The Morgan fingerprint density at radius 1 is 1.06 bits per heavy atom. The van der Waals surface area contributed by atoms with Crippen LogP contribution < -0.4 is 18.5 Å². The summed E-state index contributed by atoms with van der Waals surface area (Å²) in [6, 6.07) is 10.3. The molecule has 12 heteroatoms. The van der Waals surface area contributed by atoms with Gasteiger partial charge in [0.2, 0.25) is 26.0 Å². The Bertz CT molecular complexity index is 1230. The van der Waals surface area contributed by atoms with Gasteiger partial charge in [0.25, 0.3) is 0 Å². The van der Waals surface area contributed by atoms with E-state index in [0.717, 1.165) is 9.87 Å². The third-order valence-corrected chi connectivity index (χ3v) is 8.47. The summed E-state index contributed by atoms with van der Waals surface area (Å²) in [5.74, 6) is 0.312. The minimum absolute atomic E-state index is 0.0416. The van der Waals surface area contributed by atoms with Crippen molar-refractivity contribution in [2.24, 2.45) is 0 Å². The first-order valence-electron chi connectivity index (χ1n) is 10.0. The van der Waals surface area contributed by atoms with E-state index < -0.39 is 26.0 Å². The number of amides is 1. The highest BCUT2D eigenvalue weighted by Crippen LogP contribution is 2.31. The molecule has 180 valence electrons. The SMILES string of the molecule is COc1ccc([C@@H](CNS(=O)(=O)c2ccc(N3C(=O)CCS3(=O)=O)cc2)N(C)C)cc1OC. The molecule has 0 radical (unpaired) electrons. The van der Waals surface area contributed by atoms with Crippen molar-refractivity contribution in [1.82, 2.24) is 9.62 Å². The standard InChI is InChI=1S/C21H27N3O7S2/c1-23(2)18(15-5-10-19(30-3)20(13-15)31-4)14-22-33(28,29)17-8-6-16(7-9-17)24-21(25)11-12-32(24,26)27/h5-10,13,18,22H,11-12,14H2,1-4H3/t18-/m1/s1. The van der Waals surface area contributed by atoms with E-state index in [1.807, 2.05) is 25.1 Å². The summed E-state index contributed by atoms with van der Waals surface area (Å²) >= 11 is 0. The second kappa shape index (κ2) is 9.67. The highest BCUT2D eigenvalue weighted by atomic mass is 32.2. The van der Waals surface area contributed by atoms with Gasteiger partial charge in [-0.3, -0.25) is 4.79 Å². The molecule has 1 atom stereocenters. The molecular weight excluding hydrogens is 470 g/mol. The van der Waals surface area contributed by atoms with Crippen LogP contribution in [0.3, 0.4) is 0 Å². The van der Waals surface area contributed by atoms with Gasteiger partial charge in [0.05, 0.1) is 30.6 Å². The number of carbonyl (C=O) groups excluding carboxylic acids is 1. The number of sulfonamides is 2. The van der Waals surface area contributed by atoms with Crippen molar-refractivity contribution in [1.29, 1.82) is 0 Å². The number of likely N-dealkylation sites (N-methyl/N-ethyl adjacent to an activating group) is 1. The summed E-state index contributed by atoms with van der Waals surface area (Å²) in [5.41, 5.74) is 0.946. The van der Waals surface area contributed by atoms with E-state index in [1.54, 1.807) is 12.1 Å². The zero-order chi connectivity index (χ0) is 24.4. The Kier molecular flexibility index (Phi) is 7.32. The number of anilines is 1. The first kappa shape index (κ1) is 25.0. The van der Waals surface area contributed by atoms with Gasteiger partial charge in [0.1, 0.15) is 0 Å². The van der Waals surface area contributed by atoms with Crippen LogP contribution in [0, 0.1) is 0 Å². The Morgan fingerprint density at radius 3 is 2.21 bits per heavy atom. The van der Waals surface area contributed by atoms with E-state index in [2.05, 4.69) is 4.72 Å². The first-order chi connectivity index (χ1) is 15.5. The molecule has 1 fully saturated rings. The molecule has 1 saturated heterocycles. The number of benzene rings is 2. The van der Waals surface area contributed by atoms with E-state index in [9.17, 15) is 21.6 Å². The van der Waals surface area contributed by atoms with Crippen LogP contribution in [0.5, 0.6) is 11.5 Å². The van der Waals surface area contributed by atoms with Crippen molar-refractivity contribution in [2.45, 2.75) is 17.4 Å². The number of nitrogens with one attached hydrogen (secondary N) is 1. The number of rotatable bonds is 9. The summed E-state index contributed by atoms with van der Waals surface area (Å²) in [6.07, 6.45) is -0.0913. The van der Waals surface area contributed by atoms with Gasteiger partial charge < -0.3 is 14.4 Å². The van der Waals surface area contributed by atoms with Crippen LogP contribution in [0.15, 0.2) is 47.4 Å². The number of carbonyl (C=O) groups is 1. The van der Waals surface area contributed by atoms with Gasteiger partial charge in [0, 0.05) is 19.0 Å². The Balaban J connectivity index is 1.79. The van der Waals surface area contributed by atoms with Crippen molar-refractivity contribution >= 4 is 31.6 Å². The van der Waals surface area contributed by atoms with Gasteiger partial charge in [-0.15, -0.1) is 0 Å². The second-order valence-corrected chi connectivity index (χ2v) is 11.4. The number of nitrogens with zero attached hydrogens (tertiary/aromatic N) is 2. The molecule has 2 aromatic rings. The van der Waals surface area contributed by atoms with E-state index in [1.165, 1.54) is 38.5 Å². The fraction of sp³-hybridized carbons (Fsp3) is 0.381. The number of methoxy groups -OCH3 is 2. The molecule has 0 unspecified atom stereocenters. The summed E-state index contributed by atoms with van der Waals surface area (Å²) < 4.78 is 63.8. The largest absolute Gasteiger partial charge is 0.493 e. The van der Waals surface area contributed by atoms with Crippen LogP contribution in [-0.2, 0) is 24.8 Å². The maximum Gasteiger partial charge on any atom is 0.242 e. The average Bonchev–Trinajstić information content (AvgIpc) is 3.05. The maximum absolute atomic E-state index is 12.9. The van der Waals surface area contributed by atoms with Crippen molar-refractivity contribution < 1.29 is 31.1 Å². The molecular formula is C21H27N3O7S2. The second-order valence-electron chi connectivity index (χ2n) is 7.66. The maximum atomic E-state index is 12.9. The normalized spacial score (nSPS) is 16.8. The molecule has 3 rings (SSSR count). The van der Waals surface area contributed by atoms with Crippen LogP contribution in [0.2, 0.25) is 0 Å². The molecule has 0 spiro atoms. The fourth-order valence-corrected chi connectivity index (χ4v) is 6.06. The summed E-state index contributed by atoms with van der Waals surface area (Å²) in [5, 5.41) is 0. The van der Waals surface area contributed by atoms with Crippen LogP contribution in [0.25, 0.3) is 0 Å². The lowest BCUT2D eigenvalue weighted by molar-refractivity contribution is -0.116. The summed E-state index contributed by atoms with van der Waals surface area (Å²) in [4.78, 5) is 13.8. The van der Waals surface area contributed by atoms with Crippen molar-refractivity contribution in [2.75, 3.05) is 44.9 Å². The molecule has 2 aromatic carbocycles. The van der Waals surface area contributed by atoms with Gasteiger partial charge in [-0.05, 0) is 56.1 Å². The van der Waals surface area contributed by atoms with Crippen LogP contribution in [-0.4, -0.2) is 68.3 Å². The molecule has 1 N–H and O–H groups in total. The Morgan fingerprint density at radius 2 is 1.70 bits per heavy atom. The first-order valence-corrected chi connectivity index (χ1v) is 13.1. The lowest BCUT2D eigenvalue weighted by Gasteiger charge is -2.26. The molecule has 1 aliphatic heterocycles. The monoisotopic (exact) mass is 497 g/mol. The zero-order valence-electron chi connectivity index (χ0n) is 18.8. The zero-order valence-corrected chi connectivity index (χ0v) is 20.4. The molecule has 0 bridgehead atoms. The van der Waals surface area contributed by atoms with E-state index in [0.29, 0.717) is 11.5 Å². The molecule has 33 heavy (non-hydrogen) atoms. The predicted octanol–water partition coefficient (Wildman–Crippen LogP) is 1.35. The predicted molar refractivity (Wildman–Crippen MR) is 123 cm³/mol. The third kappa shape index (κ3) is 5.29. The highest BCUT2D eigenvalue weighted by Gasteiger charge is 2.36. The molecule has 1 heterocycles. The smallest absolute Gasteiger partial charge is 0.242 e. The van der Waals surface area contributed by atoms with Crippen molar-refractivity contribution in [3.05, 3.63) is 48.0 Å². The molecule has 10 nitrogen and oxygen atoms in total. The van der Waals surface area contributed by atoms with E-state index in [-0.39, 0.29) is 35.3 Å². The van der Waals surface area contributed by atoms with Crippen molar-refractivity contribution in [3.8, 4) is 11.5 Å². The number of hydrogen-bond donors (Lipinski definition) is 1. The van der Waals surface area contributed by atoms with Gasteiger partial charge in [0.15, 0.2) is 11.5 Å². The lowest BCUT2D eigenvalue weighted by Crippen LogP contribution is -2.34. The number of ether oxygens (including phenoxy) is 2. The number of hydrogen-bond acceptors (Lipinski definition) is 8. The summed E-state index contributed by atoms with van der Waals surface area (Å²) in [6.45, 7) is 0.0750. The van der Waals surface area contributed by atoms with Crippen molar-refractivity contribution in [3.63, 3.8) is 0 Å². The van der Waals surface area contributed by atoms with E-state index >= 15 is 0 Å². The molecule has 0 saturated carbocycles. The van der Waals surface area contributed by atoms with Gasteiger partial charge >= 0.3 is 0 Å². The minimum atomic E-state index is -3.89. The van der Waals surface area contributed by atoms with Crippen LogP contribution in [0.1, 0.15) is 18.0 Å². The van der Waals surface area contributed by atoms with Crippen LogP contribution >= 0.6 is 0 Å². The molecule has 0 aromatic heterocycles. The third-order valence-electron chi connectivity index (χ3n) is 5.34. The lowest BCUT2D eigenvalue weighted by atomic mass is 10.1. The van der Waals surface area contributed by atoms with Crippen LogP contribution in [0.4, 0.5) is 5.69 Å². The fourth-order valence-electron chi connectivity index (χ4n) is 3.56. The quantitative estimate of drug-likeness (QED) is 0.551. The minimum Gasteiger partial charge on any atom is -0.493 e. The van der Waals surface area contributed by atoms with Gasteiger partial charge in [-0.25, -0.2) is 25.9 Å².